The second-order valence-electron chi connectivity index (χ2n) is 3.44. The topological polar surface area (TPSA) is 3.24 Å². The molecule has 0 rings (SSSR count). The summed E-state index contributed by atoms with van der Waals surface area (Å²) in [5.41, 5.74) is 0. The minimum atomic E-state index is -4.66. The minimum Gasteiger partial charge on any atom is -0.448 e. The molecular weight excluding hydrogens is 205 g/mol. The van der Waals surface area contributed by atoms with Crippen molar-refractivity contribution in [1.29, 1.82) is 0 Å². The van der Waals surface area contributed by atoms with Crippen LogP contribution in [0.25, 0.3) is 0 Å². The maximum Gasteiger partial charge on any atom is 1.00 e. The summed E-state index contributed by atoms with van der Waals surface area (Å²) in [5, 5.41) is 0. The summed E-state index contributed by atoms with van der Waals surface area (Å²) in [6.45, 7) is -0.188. The molecule has 0 aliphatic heterocycles. The average molecular weight is 221 g/mol. The van der Waals surface area contributed by atoms with E-state index in [4.69, 9.17) is 0 Å². The summed E-state index contributed by atoms with van der Waals surface area (Å²) < 4.78 is 35.6. The normalized spacial score (nSPS) is 14.1. The molecule has 1 atom stereocenters. The summed E-state index contributed by atoms with van der Waals surface area (Å²) in [4.78, 5) is 1.34. The van der Waals surface area contributed by atoms with E-state index in [9.17, 15) is 12.9 Å². The van der Waals surface area contributed by atoms with Crippen LogP contribution in [-0.4, -0.2) is 31.9 Å². The van der Waals surface area contributed by atoms with Gasteiger partial charge in [-0.1, -0.05) is 20.3 Å². The molecule has 0 heterocycles. The molecule has 0 bridgehead atoms. The third-order valence-corrected chi connectivity index (χ3v) is 1.84. The molecule has 1 unspecified atom stereocenters. The standard InChI is InChI=1S/C7H16BF3N.K/c1-4-7(2)5-12(3)6-8(9,10)11;/h7H,4-6H2,1-3H3;/q-1;+1. The van der Waals surface area contributed by atoms with Gasteiger partial charge in [0.1, 0.15) is 0 Å². The van der Waals surface area contributed by atoms with Crippen molar-refractivity contribution in [3.05, 3.63) is 0 Å². The van der Waals surface area contributed by atoms with E-state index in [1.54, 1.807) is 0 Å². The van der Waals surface area contributed by atoms with Crippen molar-refractivity contribution < 1.29 is 64.3 Å². The third kappa shape index (κ3) is 11.4. The average Bonchev–Trinajstić information content (AvgIpc) is 1.82. The van der Waals surface area contributed by atoms with Crippen LogP contribution in [0.2, 0.25) is 0 Å². The van der Waals surface area contributed by atoms with Gasteiger partial charge >= 0.3 is 58.4 Å². The molecule has 0 N–H and O–H groups in total. The molecule has 0 amide bonds. The molecule has 0 radical (unpaired) electrons. The Morgan fingerprint density at radius 3 is 2.08 bits per heavy atom. The Morgan fingerprint density at radius 2 is 1.77 bits per heavy atom. The fraction of sp³-hybridized carbons (Fsp3) is 1.00. The van der Waals surface area contributed by atoms with Gasteiger partial charge < -0.3 is 17.8 Å². The van der Waals surface area contributed by atoms with E-state index in [2.05, 4.69) is 0 Å². The molecule has 0 spiro atoms. The van der Waals surface area contributed by atoms with E-state index in [1.165, 1.54) is 11.9 Å². The van der Waals surface area contributed by atoms with Crippen LogP contribution >= 0.6 is 0 Å². The summed E-state index contributed by atoms with van der Waals surface area (Å²) >= 11 is 0. The molecule has 0 saturated heterocycles. The fourth-order valence-electron chi connectivity index (χ4n) is 1.09. The summed E-state index contributed by atoms with van der Waals surface area (Å²) in [6.07, 6.45) is 0.180. The molecule has 0 aliphatic rings. The molecule has 74 valence electrons. The van der Waals surface area contributed by atoms with Crippen LogP contribution in [0, 0.1) is 5.92 Å². The van der Waals surface area contributed by atoms with Crippen molar-refractivity contribution >= 4 is 6.98 Å². The van der Waals surface area contributed by atoms with Crippen LogP contribution in [0.1, 0.15) is 20.3 Å². The molecule has 6 heteroatoms. The van der Waals surface area contributed by atoms with Gasteiger partial charge in [0.25, 0.3) is 0 Å². The van der Waals surface area contributed by atoms with Gasteiger partial charge in [-0.25, -0.2) is 0 Å². The molecule has 0 fully saturated rings. The van der Waals surface area contributed by atoms with E-state index in [0.29, 0.717) is 12.5 Å². The largest absolute Gasteiger partial charge is 1.00 e. The molecule has 0 aromatic carbocycles. The molecule has 1 nitrogen and oxygen atoms in total. The number of halogens is 3. The Bertz CT molecular complexity index is 131. The molecule has 13 heavy (non-hydrogen) atoms. The number of rotatable bonds is 5. The first-order chi connectivity index (χ1) is 5.35. The van der Waals surface area contributed by atoms with E-state index < -0.39 is 13.4 Å². The second kappa shape index (κ2) is 7.71. The van der Waals surface area contributed by atoms with Crippen molar-refractivity contribution in [3.63, 3.8) is 0 Å². The van der Waals surface area contributed by atoms with Gasteiger partial charge in [-0.3, -0.25) is 0 Å². The SMILES string of the molecule is CCC(C)CN(C)C[B-](F)(F)F.[K+]. The third-order valence-electron chi connectivity index (χ3n) is 1.84. The zero-order valence-corrected chi connectivity index (χ0v) is 12.0. The number of nitrogens with zero attached hydrogens (tertiary/aromatic N) is 1. The van der Waals surface area contributed by atoms with Crippen LogP contribution in [0.4, 0.5) is 12.9 Å². The first-order valence-electron chi connectivity index (χ1n) is 4.24. The molecule has 0 aliphatic carbocycles. The zero-order valence-electron chi connectivity index (χ0n) is 8.86. The van der Waals surface area contributed by atoms with Crippen molar-refractivity contribution in [2.24, 2.45) is 5.92 Å². The maximum absolute atomic E-state index is 11.9. The first kappa shape index (κ1) is 16.9. The Morgan fingerprint density at radius 1 is 1.31 bits per heavy atom. The van der Waals surface area contributed by atoms with Crippen molar-refractivity contribution in [3.8, 4) is 0 Å². The Balaban J connectivity index is 0. The summed E-state index contributed by atoms with van der Waals surface area (Å²) in [6, 6.07) is 0. The smallest absolute Gasteiger partial charge is 0.448 e. The van der Waals surface area contributed by atoms with E-state index >= 15 is 0 Å². The minimum absolute atomic E-state index is 0. The predicted octanol–water partition coefficient (Wildman–Crippen LogP) is -0.645. The van der Waals surface area contributed by atoms with Crippen molar-refractivity contribution in [2.75, 3.05) is 20.0 Å². The predicted molar refractivity (Wildman–Crippen MR) is 46.0 cm³/mol. The van der Waals surface area contributed by atoms with Crippen LogP contribution in [0.15, 0.2) is 0 Å². The van der Waals surface area contributed by atoms with Crippen LogP contribution in [-0.2, 0) is 0 Å². The van der Waals surface area contributed by atoms with Crippen molar-refractivity contribution in [1.82, 2.24) is 4.90 Å². The molecule has 0 saturated carbocycles. The van der Waals surface area contributed by atoms with Crippen LogP contribution in [0.3, 0.4) is 0 Å². The van der Waals surface area contributed by atoms with Gasteiger partial charge in [0.2, 0.25) is 0 Å². The van der Waals surface area contributed by atoms with Gasteiger partial charge in [0, 0.05) is 0 Å². The van der Waals surface area contributed by atoms with Gasteiger partial charge in [-0.05, 0) is 26.0 Å². The maximum atomic E-state index is 11.9. The van der Waals surface area contributed by atoms with E-state index in [1.807, 2.05) is 13.8 Å². The molecule has 0 aromatic heterocycles. The van der Waals surface area contributed by atoms with Crippen LogP contribution in [0.5, 0.6) is 0 Å². The summed E-state index contributed by atoms with van der Waals surface area (Å²) in [7, 11) is 1.52. The van der Waals surface area contributed by atoms with Crippen molar-refractivity contribution in [2.45, 2.75) is 20.3 Å². The van der Waals surface area contributed by atoms with Gasteiger partial charge in [0.05, 0.1) is 0 Å². The first-order valence-corrected chi connectivity index (χ1v) is 4.24. The fourth-order valence-corrected chi connectivity index (χ4v) is 1.09. The van der Waals surface area contributed by atoms with Gasteiger partial charge in [0.15, 0.2) is 0 Å². The molecule has 0 aromatic rings. The quantitative estimate of drug-likeness (QED) is 0.558. The Kier molecular flexibility index (Phi) is 10.00. The van der Waals surface area contributed by atoms with E-state index in [0.717, 1.165) is 6.42 Å². The Labute approximate surface area is 121 Å². The number of hydrogen-bond acceptors (Lipinski definition) is 1. The van der Waals surface area contributed by atoms with E-state index in [-0.39, 0.29) is 51.4 Å². The second-order valence-corrected chi connectivity index (χ2v) is 3.44. The summed E-state index contributed by atoms with van der Waals surface area (Å²) in [5.74, 6) is 0.341. The Hall–Kier alpha value is 1.45. The van der Waals surface area contributed by atoms with Crippen LogP contribution < -0.4 is 51.4 Å². The molecular formula is C7H16BF3KN. The van der Waals surface area contributed by atoms with Gasteiger partial charge in [-0.15, -0.1) is 0 Å². The monoisotopic (exact) mass is 221 g/mol. The number of hydrogen-bond donors (Lipinski definition) is 0. The zero-order chi connectivity index (χ0) is 9.78. The van der Waals surface area contributed by atoms with Gasteiger partial charge in [-0.2, -0.15) is 0 Å².